The van der Waals surface area contributed by atoms with Crippen LogP contribution in [-0.2, 0) is 0 Å². The molecule has 1 aliphatic rings. The lowest BCUT2D eigenvalue weighted by Gasteiger charge is -2.29. The van der Waals surface area contributed by atoms with E-state index in [4.69, 9.17) is 5.73 Å². The fourth-order valence-corrected chi connectivity index (χ4v) is 3.22. The summed E-state index contributed by atoms with van der Waals surface area (Å²) < 4.78 is 0. The van der Waals surface area contributed by atoms with E-state index in [0.717, 1.165) is 12.0 Å². The number of rotatable bonds is 7. The summed E-state index contributed by atoms with van der Waals surface area (Å²) in [5.41, 5.74) is 5.80. The normalized spacial score (nSPS) is 21.8. The zero-order chi connectivity index (χ0) is 13.4. The molecule has 0 aromatic heterocycles. The van der Waals surface area contributed by atoms with Crippen molar-refractivity contribution in [3.05, 3.63) is 0 Å². The molecule has 0 aromatic rings. The van der Waals surface area contributed by atoms with Crippen molar-refractivity contribution in [2.45, 2.75) is 83.7 Å². The summed E-state index contributed by atoms with van der Waals surface area (Å²) >= 11 is 0. The van der Waals surface area contributed by atoms with Gasteiger partial charge >= 0.3 is 0 Å². The van der Waals surface area contributed by atoms with Crippen molar-refractivity contribution in [1.82, 2.24) is 4.90 Å². The minimum absolute atomic E-state index is 0.372. The SMILES string of the molecule is CC(N)CCCC(C)CN(C)C1CCCCCC1. The molecule has 0 saturated heterocycles. The highest BCUT2D eigenvalue weighted by Crippen LogP contribution is 2.22. The van der Waals surface area contributed by atoms with E-state index in [1.165, 1.54) is 64.3 Å². The molecule has 0 aliphatic heterocycles. The van der Waals surface area contributed by atoms with E-state index < -0.39 is 0 Å². The second kappa shape index (κ2) is 8.92. The molecule has 108 valence electrons. The van der Waals surface area contributed by atoms with Crippen molar-refractivity contribution < 1.29 is 0 Å². The van der Waals surface area contributed by atoms with Crippen LogP contribution in [0.1, 0.15) is 71.6 Å². The molecule has 18 heavy (non-hydrogen) atoms. The molecular weight excluding hydrogens is 220 g/mol. The van der Waals surface area contributed by atoms with Gasteiger partial charge in [-0.25, -0.2) is 0 Å². The molecule has 0 amide bonds. The average molecular weight is 254 g/mol. The molecule has 1 saturated carbocycles. The van der Waals surface area contributed by atoms with Crippen LogP contribution in [0.25, 0.3) is 0 Å². The van der Waals surface area contributed by atoms with Crippen LogP contribution in [0.3, 0.4) is 0 Å². The van der Waals surface area contributed by atoms with Gasteiger partial charge in [0.15, 0.2) is 0 Å². The van der Waals surface area contributed by atoms with E-state index in [9.17, 15) is 0 Å². The molecule has 1 fully saturated rings. The van der Waals surface area contributed by atoms with Crippen molar-refractivity contribution in [3.63, 3.8) is 0 Å². The van der Waals surface area contributed by atoms with Crippen LogP contribution in [0, 0.1) is 5.92 Å². The maximum atomic E-state index is 5.80. The van der Waals surface area contributed by atoms with Gasteiger partial charge in [0, 0.05) is 18.6 Å². The molecule has 2 heteroatoms. The lowest BCUT2D eigenvalue weighted by Crippen LogP contribution is -2.34. The third kappa shape index (κ3) is 6.75. The van der Waals surface area contributed by atoms with Crippen LogP contribution in [0.2, 0.25) is 0 Å². The van der Waals surface area contributed by atoms with Crippen molar-refractivity contribution in [2.75, 3.05) is 13.6 Å². The van der Waals surface area contributed by atoms with Crippen LogP contribution in [0.5, 0.6) is 0 Å². The quantitative estimate of drug-likeness (QED) is 0.700. The molecular formula is C16H34N2. The lowest BCUT2D eigenvalue weighted by atomic mass is 10.00. The fraction of sp³-hybridized carbons (Fsp3) is 1.00. The Morgan fingerprint density at radius 3 is 2.22 bits per heavy atom. The first kappa shape index (κ1) is 16.0. The minimum Gasteiger partial charge on any atom is -0.328 e. The van der Waals surface area contributed by atoms with Gasteiger partial charge in [-0.1, -0.05) is 39.0 Å². The first-order valence-electron chi connectivity index (χ1n) is 8.05. The van der Waals surface area contributed by atoms with Gasteiger partial charge in [-0.05, 0) is 45.6 Å². The summed E-state index contributed by atoms with van der Waals surface area (Å²) in [4.78, 5) is 2.63. The number of hydrogen-bond donors (Lipinski definition) is 1. The highest BCUT2D eigenvalue weighted by molar-refractivity contribution is 4.73. The Morgan fingerprint density at radius 2 is 1.67 bits per heavy atom. The van der Waals surface area contributed by atoms with Crippen LogP contribution < -0.4 is 5.73 Å². The maximum Gasteiger partial charge on any atom is 0.00923 e. The predicted molar refractivity (Wildman–Crippen MR) is 80.8 cm³/mol. The van der Waals surface area contributed by atoms with E-state index in [1.807, 2.05) is 0 Å². The molecule has 1 rings (SSSR count). The minimum atomic E-state index is 0.372. The van der Waals surface area contributed by atoms with Crippen LogP contribution >= 0.6 is 0 Å². The van der Waals surface area contributed by atoms with Crippen LogP contribution in [0.15, 0.2) is 0 Å². The van der Waals surface area contributed by atoms with Crippen LogP contribution in [-0.4, -0.2) is 30.6 Å². The maximum absolute atomic E-state index is 5.80. The second-order valence-corrected chi connectivity index (χ2v) is 6.60. The van der Waals surface area contributed by atoms with Crippen LogP contribution in [0.4, 0.5) is 0 Å². The van der Waals surface area contributed by atoms with Gasteiger partial charge in [-0.15, -0.1) is 0 Å². The molecule has 2 atom stereocenters. The van der Waals surface area contributed by atoms with Gasteiger partial charge in [-0.2, -0.15) is 0 Å². The first-order chi connectivity index (χ1) is 8.59. The van der Waals surface area contributed by atoms with Crippen molar-refractivity contribution in [2.24, 2.45) is 11.7 Å². The Kier molecular flexibility index (Phi) is 7.92. The largest absolute Gasteiger partial charge is 0.328 e. The third-order valence-corrected chi connectivity index (χ3v) is 4.40. The highest BCUT2D eigenvalue weighted by Gasteiger charge is 2.18. The van der Waals surface area contributed by atoms with Gasteiger partial charge in [0.25, 0.3) is 0 Å². The van der Waals surface area contributed by atoms with E-state index in [2.05, 4.69) is 25.8 Å². The third-order valence-electron chi connectivity index (χ3n) is 4.40. The summed E-state index contributed by atoms with van der Waals surface area (Å²) in [6, 6.07) is 1.22. The van der Waals surface area contributed by atoms with Crippen molar-refractivity contribution in [3.8, 4) is 0 Å². The average Bonchev–Trinajstić information content (AvgIpc) is 2.56. The Labute approximate surface area is 114 Å². The van der Waals surface area contributed by atoms with Crippen molar-refractivity contribution >= 4 is 0 Å². The second-order valence-electron chi connectivity index (χ2n) is 6.60. The smallest absolute Gasteiger partial charge is 0.00923 e. The summed E-state index contributed by atoms with van der Waals surface area (Å²) in [7, 11) is 2.33. The van der Waals surface area contributed by atoms with Gasteiger partial charge in [0.1, 0.15) is 0 Å². The van der Waals surface area contributed by atoms with E-state index >= 15 is 0 Å². The molecule has 0 heterocycles. The molecule has 0 radical (unpaired) electrons. The Hall–Kier alpha value is -0.0800. The number of nitrogens with zero attached hydrogens (tertiary/aromatic N) is 1. The van der Waals surface area contributed by atoms with Gasteiger partial charge in [0.2, 0.25) is 0 Å². The molecule has 0 aromatic carbocycles. The standard InChI is InChI=1S/C16H34N2/c1-14(9-8-10-15(2)17)13-18(3)16-11-6-4-5-7-12-16/h14-16H,4-13,17H2,1-3H3. The van der Waals surface area contributed by atoms with Gasteiger partial charge in [-0.3, -0.25) is 0 Å². The van der Waals surface area contributed by atoms with Gasteiger partial charge in [0.05, 0.1) is 0 Å². The zero-order valence-electron chi connectivity index (χ0n) is 12.8. The van der Waals surface area contributed by atoms with E-state index in [0.29, 0.717) is 6.04 Å². The molecule has 0 spiro atoms. The molecule has 0 bridgehead atoms. The molecule has 2 N–H and O–H groups in total. The fourth-order valence-electron chi connectivity index (χ4n) is 3.22. The zero-order valence-corrected chi connectivity index (χ0v) is 12.8. The van der Waals surface area contributed by atoms with Gasteiger partial charge < -0.3 is 10.6 Å². The number of hydrogen-bond acceptors (Lipinski definition) is 2. The first-order valence-corrected chi connectivity index (χ1v) is 8.05. The molecule has 2 unspecified atom stereocenters. The summed E-state index contributed by atoms with van der Waals surface area (Å²) in [6.07, 6.45) is 12.4. The topological polar surface area (TPSA) is 29.3 Å². The Morgan fingerprint density at radius 1 is 1.06 bits per heavy atom. The Bertz CT molecular complexity index is 195. The molecule has 2 nitrogen and oxygen atoms in total. The predicted octanol–water partition coefficient (Wildman–Crippen LogP) is 3.79. The van der Waals surface area contributed by atoms with Crippen molar-refractivity contribution in [1.29, 1.82) is 0 Å². The number of nitrogens with two attached hydrogens (primary N) is 1. The lowest BCUT2D eigenvalue weighted by molar-refractivity contribution is 0.189. The monoisotopic (exact) mass is 254 g/mol. The van der Waals surface area contributed by atoms with E-state index in [-0.39, 0.29) is 0 Å². The summed E-state index contributed by atoms with van der Waals surface area (Å²) in [5, 5.41) is 0. The summed E-state index contributed by atoms with van der Waals surface area (Å²) in [5.74, 6) is 0.817. The van der Waals surface area contributed by atoms with E-state index in [1.54, 1.807) is 0 Å². The highest BCUT2D eigenvalue weighted by atomic mass is 15.1. The Balaban J connectivity index is 2.18. The molecule has 1 aliphatic carbocycles. The summed E-state index contributed by atoms with van der Waals surface area (Å²) in [6.45, 7) is 5.78.